The normalized spacial score (nSPS) is 10.9. The van der Waals surface area contributed by atoms with Crippen molar-refractivity contribution in [2.24, 2.45) is 0 Å². The first-order valence-electron chi connectivity index (χ1n) is 6.51. The van der Waals surface area contributed by atoms with Crippen molar-refractivity contribution in [1.82, 2.24) is 0 Å². The number of fused-ring (bicyclic) bond motifs is 1. The van der Waals surface area contributed by atoms with Crippen LogP contribution in [0.2, 0.25) is 0 Å². The van der Waals surface area contributed by atoms with Gasteiger partial charge in [-0.15, -0.1) is 0 Å². The van der Waals surface area contributed by atoms with Crippen LogP contribution >= 0.6 is 0 Å². The molecular formula is C18H10F4. The van der Waals surface area contributed by atoms with Gasteiger partial charge in [-0.3, -0.25) is 0 Å². The van der Waals surface area contributed by atoms with E-state index in [1.807, 2.05) is 0 Å². The lowest BCUT2D eigenvalue weighted by Gasteiger charge is -2.08. The molecule has 110 valence electrons. The maximum absolute atomic E-state index is 14.1. The highest BCUT2D eigenvalue weighted by Crippen LogP contribution is 2.30. The Labute approximate surface area is 124 Å². The fourth-order valence-corrected chi connectivity index (χ4v) is 2.36. The largest absolute Gasteiger partial charge is 0.206 e. The van der Waals surface area contributed by atoms with E-state index in [1.165, 1.54) is 30.3 Å². The van der Waals surface area contributed by atoms with Gasteiger partial charge in [0.25, 0.3) is 0 Å². The number of benzene rings is 3. The molecule has 0 amide bonds. The van der Waals surface area contributed by atoms with Gasteiger partial charge in [-0.25, -0.2) is 17.6 Å². The third-order valence-electron chi connectivity index (χ3n) is 3.51. The molecule has 22 heavy (non-hydrogen) atoms. The summed E-state index contributed by atoms with van der Waals surface area (Å²) < 4.78 is 54.3. The molecule has 0 spiro atoms. The van der Waals surface area contributed by atoms with Crippen molar-refractivity contribution in [3.63, 3.8) is 0 Å². The molecular weight excluding hydrogens is 292 g/mol. The van der Waals surface area contributed by atoms with E-state index in [9.17, 15) is 17.6 Å². The predicted octanol–water partition coefficient (Wildman–Crippen LogP) is 5.71. The van der Waals surface area contributed by atoms with Crippen LogP contribution in [-0.2, 0) is 0 Å². The van der Waals surface area contributed by atoms with Crippen LogP contribution in [0.1, 0.15) is 5.56 Å². The Hall–Kier alpha value is -2.62. The fraction of sp³-hybridized carbons (Fsp3) is 0. The molecule has 0 fully saturated rings. The summed E-state index contributed by atoms with van der Waals surface area (Å²) in [5.41, 5.74) is 1.37. The summed E-state index contributed by atoms with van der Waals surface area (Å²) in [6.45, 7) is 3.56. The van der Waals surface area contributed by atoms with Crippen LogP contribution in [0.3, 0.4) is 0 Å². The first-order chi connectivity index (χ1) is 10.5. The third kappa shape index (κ3) is 2.26. The second-order valence-electron chi connectivity index (χ2n) is 4.87. The maximum atomic E-state index is 14.1. The summed E-state index contributed by atoms with van der Waals surface area (Å²) in [6, 6.07) is 9.65. The SMILES string of the molecule is C=Cc1ccc(-c2ccc3c(F)c(F)c(F)cc3c2)c(F)c1. The van der Waals surface area contributed by atoms with Crippen LogP contribution in [0.5, 0.6) is 0 Å². The average molecular weight is 302 g/mol. The molecule has 0 radical (unpaired) electrons. The first-order valence-corrected chi connectivity index (χ1v) is 6.51. The molecule has 0 nitrogen and oxygen atoms in total. The molecule has 0 saturated carbocycles. The standard InChI is InChI=1S/C18H10F4/c1-2-10-3-5-13(15(19)7-10)11-4-6-14-12(8-11)9-16(20)18(22)17(14)21/h2-9H,1H2. The lowest BCUT2D eigenvalue weighted by Crippen LogP contribution is -1.93. The highest BCUT2D eigenvalue weighted by Gasteiger charge is 2.14. The van der Waals surface area contributed by atoms with Crippen molar-refractivity contribution in [3.8, 4) is 11.1 Å². The highest BCUT2D eigenvalue weighted by molar-refractivity contribution is 5.88. The van der Waals surface area contributed by atoms with Gasteiger partial charge in [0.05, 0.1) is 0 Å². The molecule has 0 bridgehead atoms. The van der Waals surface area contributed by atoms with Crippen LogP contribution in [-0.4, -0.2) is 0 Å². The summed E-state index contributed by atoms with van der Waals surface area (Å²) in [5, 5.41) is 0.117. The molecule has 0 aliphatic carbocycles. The minimum absolute atomic E-state index is 0.0502. The van der Waals surface area contributed by atoms with Crippen LogP contribution in [0.15, 0.2) is 49.0 Å². The lowest BCUT2D eigenvalue weighted by molar-refractivity contribution is 0.453. The maximum Gasteiger partial charge on any atom is 0.195 e. The Kier molecular flexibility index (Phi) is 3.45. The predicted molar refractivity (Wildman–Crippen MR) is 79.3 cm³/mol. The van der Waals surface area contributed by atoms with Gasteiger partial charge in [-0.2, -0.15) is 0 Å². The van der Waals surface area contributed by atoms with Gasteiger partial charge in [-0.1, -0.05) is 36.9 Å². The summed E-state index contributed by atoms with van der Waals surface area (Å²) in [5.74, 6) is -4.50. The molecule has 0 heterocycles. The molecule has 0 saturated heterocycles. The second kappa shape index (κ2) is 5.30. The van der Waals surface area contributed by atoms with E-state index in [0.29, 0.717) is 11.1 Å². The van der Waals surface area contributed by atoms with Crippen LogP contribution < -0.4 is 0 Å². The van der Waals surface area contributed by atoms with E-state index in [1.54, 1.807) is 12.1 Å². The van der Waals surface area contributed by atoms with Gasteiger partial charge in [0.1, 0.15) is 5.82 Å². The minimum atomic E-state index is -1.51. The Morgan fingerprint density at radius 1 is 0.773 bits per heavy atom. The fourth-order valence-electron chi connectivity index (χ4n) is 2.36. The molecule has 0 unspecified atom stereocenters. The van der Waals surface area contributed by atoms with Crippen LogP contribution in [0.25, 0.3) is 28.0 Å². The average Bonchev–Trinajstić information content (AvgIpc) is 2.52. The van der Waals surface area contributed by atoms with Crippen molar-refractivity contribution in [1.29, 1.82) is 0 Å². The van der Waals surface area contributed by atoms with Gasteiger partial charge in [-0.05, 0) is 34.7 Å². The summed E-state index contributed by atoms with van der Waals surface area (Å²) >= 11 is 0. The van der Waals surface area contributed by atoms with Gasteiger partial charge in [0, 0.05) is 10.9 Å². The van der Waals surface area contributed by atoms with Crippen molar-refractivity contribution >= 4 is 16.8 Å². The lowest BCUT2D eigenvalue weighted by atomic mass is 9.99. The highest BCUT2D eigenvalue weighted by atomic mass is 19.2. The van der Waals surface area contributed by atoms with Gasteiger partial charge >= 0.3 is 0 Å². The molecule has 0 atom stereocenters. The second-order valence-corrected chi connectivity index (χ2v) is 4.87. The Bertz CT molecular complexity index is 897. The van der Waals surface area contributed by atoms with E-state index < -0.39 is 23.3 Å². The van der Waals surface area contributed by atoms with E-state index in [2.05, 4.69) is 6.58 Å². The van der Waals surface area contributed by atoms with Gasteiger partial charge in [0.2, 0.25) is 0 Å². The number of rotatable bonds is 2. The quantitative estimate of drug-likeness (QED) is 0.420. The third-order valence-corrected chi connectivity index (χ3v) is 3.51. The van der Waals surface area contributed by atoms with Gasteiger partial charge < -0.3 is 0 Å². The zero-order valence-corrected chi connectivity index (χ0v) is 11.3. The molecule has 3 aromatic rings. The van der Waals surface area contributed by atoms with E-state index in [4.69, 9.17) is 0 Å². The number of halogens is 4. The van der Waals surface area contributed by atoms with Gasteiger partial charge in [0.15, 0.2) is 17.5 Å². The van der Waals surface area contributed by atoms with Crippen molar-refractivity contribution in [2.45, 2.75) is 0 Å². The number of hydrogen-bond acceptors (Lipinski definition) is 0. The van der Waals surface area contributed by atoms with Crippen LogP contribution in [0, 0.1) is 23.3 Å². The molecule has 0 aliphatic heterocycles. The van der Waals surface area contributed by atoms with Crippen LogP contribution in [0.4, 0.5) is 17.6 Å². The Balaban J connectivity index is 2.21. The molecule has 0 N–H and O–H groups in total. The molecule has 3 aromatic carbocycles. The summed E-state index contributed by atoms with van der Waals surface area (Å²) in [6.07, 6.45) is 1.51. The van der Waals surface area contributed by atoms with Crippen molar-refractivity contribution < 1.29 is 17.6 Å². The summed E-state index contributed by atoms with van der Waals surface area (Å²) in [4.78, 5) is 0. The van der Waals surface area contributed by atoms with Crippen molar-refractivity contribution in [3.05, 3.63) is 77.9 Å². The zero-order valence-electron chi connectivity index (χ0n) is 11.3. The zero-order chi connectivity index (χ0) is 15.9. The topological polar surface area (TPSA) is 0 Å². The monoisotopic (exact) mass is 302 g/mol. The molecule has 3 rings (SSSR count). The van der Waals surface area contributed by atoms with E-state index in [0.717, 1.165) is 6.07 Å². The molecule has 0 aliphatic rings. The smallest absolute Gasteiger partial charge is 0.195 e. The van der Waals surface area contributed by atoms with E-state index in [-0.39, 0.29) is 16.3 Å². The Morgan fingerprint density at radius 3 is 2.23 bits per heavy atom. The minimum Gasteiger partial charge on any atom is -0.206 e. The molecule has 4 heteroatoms. The molecule has 0 aromatic heterocycles. The summed E-state index contributed by atoms with van der Waals surface area (Å²) in [7, 11) is 0. The number of hydrogen-bond donors (Lipinski definition) is 0. The van der Waals surface area contributed by atoms with E-state index >= 15 is 0 Å². The van der Waals surface area contributed by atoms with Crippen molar-refractivity contribution in [2.75, 3.05) is 0 Å². The first kappa shape index (κ1) is 14.3. The Morgan fingerprint density at radius 2 is 1.55 bits per heavy atom.